The molecule has 2 rings (SSSR count). The van der Waals surface area contributed by atoms with Gasteiger partial charge in [-0.1, -0.05) is 50.6 Å². The molecule has 0 fully saturated rings. The highest BCUT2D eigenvalue weighted by atomic mass is 16.5. The number of hydrogen-bond donors (Lipinski definition) is 0. The number of aryl methyl sites for hydroxylation is 1. The molecule has 3 nitrogen and oxygen atoms in total. The van der Waals surface area contributed by atoms with Crippen LogP contribution in [-0.2, 0) is 9.53 Å². The molecule has 0 amide bonds. The zero-order chi connectivity index (χ0) is 15.7. The largest absolute Gasteiger partial charge is 0.454 e. The summed E-state index contributed by atoms with van der Waals surface area (Å²) in [5.74, 6) is -0.478. The lowest BCUT2D eigenvalue weighted by atomic mass is 9.66. The van der Waals surface area contributed by atoms with Crippen molar-refractivity contribution in [3.63, 3.8) is 0 Å². The Kier molecular flexibility index (Phi) is 4.04. The molecule has 112 valence electrons. The number of carbonyl (C=O) groups excluding carboxylic acids is 2. The first-order valence-corrected chi connectivity index (χ1v) is 7.21. The average Bonchev–Trinajstić information content (AvgIpc) is 2.71. The second kappa shape index (κ2) is 5.47. The highest BCUT2D eigenvalue weighted by Gasteiger charge is 2.47. The third-order valence-corrected chi connectivity index (χ3v) is 4.72. The Morgan fingerprint density at radius 2 is 1.76 bits per heavy atom. The predicted octanol–water partition coefficient (Wildman–Crippen LogP) is 3.71. The maximum atomic E-state index is 12.5. The van der Waals surface area contributed by atoms with Crippen molar-refractivity contribution in [3.8, 4) is 0 Å². The van der Waals surface area contributed by atoms with E-state index in [2.05, 4.69) is 6.08 Å². The van der Waals surface area contributed by atoms with Crippen molar-refractivity contribution >= 4 is 11.8 Å². The SMILES string of the molecule is Cc1ccc(C(=O)OCC(=O)[C@]2(C)CC=CC2(C)C)cc1. The molecule has 0 aromatic heterocycles. The summed E-state index contributed by atoms with van der Waals surface area (Å²) in [5, 5.41) is 0. The molecular weight excluding hydrogens is 264 g/mol. The second-order valence-electron chi connectivity index (χ2n) is 6.53. The quantitative estimate of drug-likeness (QED) is 0.626. The zero-order valence-corrected chi connectivity index (χ0v) is 13.1. The zero-order valence-electron chi connectivity index (χ0n) is 13.1. The van der Waals surface area contributed by atoms with Gasteiger partial charge in [-0.25, -0.2) is 4.79 Å². The first-order chi connectivity index (χ1) is 9.76. The third kappa shape index (κ3) is 2.92. The van der Waals surface area contributed by atoms with Crippen molar-refractivity contribution in [2.75, 3.05) is 6.61 Å². The number of allylic oxidation sites excluding steroid dienone is 2. The van der Waals surface area contributed by atoms with Gasteiger partial charge in [0.15, 0.2) is 12.4 Å². The topological polar surface area (TPSA) is 43.4 Å². The first-order valence-electron chi connectivity index (χ1n) is 7.21. The summed E-state index contributed by atoms with van der Waals surface area (Å²) in [6.07, 6.45) is 4.79. The molecule has 1 aliphatic carbocycles. The van der Waals surface area contributed by atoms with Gasteiger partial charge in [-0.15, -0.1) is 0 Å². The molecule has 0 heterocycles. The standard InChI is InChI=1S/C18H22O3/c1-13-6-8-14(9-7-13)16(20)21-12-15(19)18(4)11-5-10-17(18,2)3/h5-10H,11-12H2,1-4H3/t18-/m0/s1. The summed E-state index contributed by atoms with van der Waals surface area (Å²) in [5.41, 5.74) is 0.845. The summed E-state index contributed by atoms with van der Waals surface area (Å²) in [6, 6.07) is 7.13. The van der Waals surface area contributed by atoms with E-state index < -0.39 is 11.4 Å². The van der Waals surface area contributed by atoms with Crippen LogP contribution in [0.1, 0.15) is 43.1 Å². The van der Waals surface area contributed by atoms with Crippen molar-refractivity contribution in [2.24, 2.45) is 10.8 Å². The fourth-order valence-corrected chi connectivity index (χ4v) is 2.57. The molecule has 0 aliphatic heterocycles. The monoisotopic (exact) mass is 286 g/mol. The number of hydrogen-bond acceptors (Lipinski definition) is 3. The van der Waals surface area contributed by atoms with Crippen LogP contribution in [0, 0.1) is 17.8 Å². The number of esters is 1. The van der Waals surface area contributed by atoms with Gasteiger partial charge in [-0.2, -0.15) is 0 Å². The minimum Gasteiger partial charge on any atom is -0.454 e. The number of Topliss-reactive ketones (excluding diaryl/α,β-unsaturated/α-hetero) is 1. The van der Waals surface area contributed by atoms with E-state index in [-0.39, 0.29) is 17.8 Å². The van der Waals surface area contributed by atoms with Gasteiger partial charge in [0.05, 0.1) is 5.56 Å². The normalized spacial score (nSPS) is 23.0. The number of carbonyl (C=O) groups is 2. The number of ether oxygens (including phenoxy) is 1. The average molecular weight is 286 g/mol. The van der Waals surface area contributed by atoms with E-state index in [4.69, 9.17) is 4.74 Å². The van der Waals surface area contributed by atoms with Crippen molar-refractivity contribution in [1.82, 2.24) is 0 Å². The Morgan fingerprint density at radius 3 is 2.29 bits per heavy atom. The van der Waals surface area contributed by atoms with E-state index in [0.29, 0.717) is 12.0 Å². The first kappa shape index (κ1) is 15.5. The van der Waals surface area contributed by atoms with Gasteiger partial charge in [0.2, 0.25) is 0 Å². The molecule has 1 atom stereocenters. The van der Waals surface area contributed by atoms with Gasteiger partial charge in [0.25, 0.3) is 0 Å². The maximum Gasteiger partial charge on any atom is 0.338 e. The third-order valence-electron chi connectivity index (χ3n) is 4.72. The van der Waals surface area contributed by atoms with Crippen LogP contribution < -0.4 is 0 Å². The van der Waals surface area contributed by atoms with Crippen molar-refractivity contribution < 1.29 is 14.3 Å². The molecule has 0 bridgehead atoms. The van der Waals surface area contributed by atoms with E-state index >= 15 is 0 Å². The molecule has 1 aromatic carbocycles. The van der Waals surface area contributed by atoms with Crippen LogP contribution in [0.4, 0.5) is 0 Å². The molecule has 21 heavy (non-hydrogen) atoms. The van der Waals surface area contributed by atoms with Crippen LogP contribution in [0.25, 0.3) is 0 Å². The summed E-state index contributed by atoms with van der Waals surface area (Å²) in [6.45, 7) is 7.80. The minimum absolute atomic E-state index is 0.0297. The summed E-state index contributed by atoms with van der Waals surface area (Å²) in [7, 11) is 0. The van der Waals surface area contributed by atoms with Gasteiger partial charge in [-0.3, -0.25) is 4.79 Å². The Bertz CT molecular complexity index is 581. The Labute approximate surface area is 126 Å². The van der Waals surface area contributed by atoms with Crippen LogP contribution in [-0.4, -0.2) is 18.4 Å². The van der Waals surface area contributed by atoms with Gasteiger partial charge < -0.3 is 4.74 Å². The van der Waals surface area contributed by atoms with Gasteiger partial charge in [0.1, 0.15) is 0 Å². The van der Waals surface area contributed by atoms with E-state index in [9.17, 15) is 9.59 Å². The maximum absolute atomic E-state index is 12.5. The van der Waals surface area contributed by atoms with Crippen molar-refractivity contribution in [3.05, 3.63) is 47.5 Å². The fraction of sp³-hybridized carbons (Fsp3) is 0.444. The Balaban J connectivity index is 1.99. The molecule has 0 spiro atoms. The van der Waals surface area contributed by atoms with E-state index in [1.165, 1.54) is 0 Å². The lowest BCUT2D eigenvalue weighted by Crippen LogP contribution is -2.40. The van der Waals surface area contributed by atoms with E-state index in [0.717, 1.165) is 5.56 Å². The minimum atomic E-state index is -0.499. The predicted molar refractivity (Wildman–Crippen MR) is 82.1 cm³/mol. The van der Waals surface area contributed by atoms with E-state index in [1.54, 1.807) is 12.1 Å². The summed E-state index contributed by atoms with van der Waals surface area (Å²) < 4.78 is 5.18. The summed E-state index contributed by atoms with van der Waals surface area (Å²) in [4.78, 5) is 24.4. The number of benzene rings is 1. The molecule has 0 radical (unpaired) electrons. The van der Waals surface area contributed by atoms with Crippen LogP contribution in [0.15, 0.2) is 36.4 Å². The Morgan fingerprint density at radius 1 is 1.14 bits per heavy atom. The molecule has 0 unspecified atom stereocenters. The van der Waals surface area contributed by atoms with Gasteiger partial charge >= 0.3 is 5.97 Å². The molecule has 3 heteroatoms. The molecule has 1 aromatic rings. The summed E-state index contributed by atoms with van der Waals surface area (Å²) >= 11 is 0. The fourth-order valence-electron chi connectivity index (χ4n) is 2.57. The highest BCUT2D eigenvalue weighted by molar-refractivity contribution is 5.93. The van der Waals surface area contributed by atoms with Crippen LogP contribution >= 0.6 is 0 Å². The van der Waals surface area contributed by atoms with Crippen LogP contribution in [0.3, 0.4) is 0 Å². The number of rotatable bonds is 4. The lowest BCUT2D eigenvalue weighted by Gasteiger charge is -2.36. The smallest absolute Gasteiger partial charge is 0.338 e. The Hall–Kier alpha value is -1.90. The van der Waals surface area contributed by atoms with Gasteiger partial charge in [0, 0.05) is 5.41 Å². The molecule has 0 N–H and O–H groups in total. The van der Waals surface area contributed by atoms with Gasteiger partial charge in [-0.05, 0) is 30.9 Å². The number of ketones is 1. The second-order valence-corrected chi connectivity index (χ2v) is 6.53. The van der Waals surface area contributed by atoms with E-state index in [1.807, 2.05) is 45.9 Å². The molecule has 1 aliphatic rings. The van der Waals surface area contributed by atoms with Crippen molar-refractivity contribution in [1.29, 1.82) is 0 Å². The van der Waals surface area contributed by atoms with Crippen LogP contribution in [0.2, 0.25) is 0 Å². The molecule has 0 saturated heterocycles. The highest BCUT2D eigenvalue weighted by Crippen LogP contribution is 2.48. The van der Waals surface area contributed by atoms with Crippen LogP contribution in [0.5, 0.6) is 0 Å². The molecular formula is C18H22O3. The molecule has 0 saturated carbocycles. The van der Waals surface area contributed by atoms with Crippen molar-refractivity contribution in [2.45, 2.75) is 34.1 Å². The lowest BCUT2D eigenvalue weighted by molar-refractivity contribution is -0.135.